The fraction of sp³-hybridized carbons (Fsp3) is 0.391. The Balaban J connectivity index is 1.54. The lowest BCUT2D eigenvalue weighted by atomic mass is 9.98. The number of rotatable bonds is 5. The number of benzene rings is 2. The number of carboxylic acid groups (broad SMARTS) is 1. The third-order valence-electron chi connectivity index (χ3n) is 5.97. The topological polar surface area (TPSA) is 74.1 Å². The molecular formula is C23H26N2O4. The highest BCUT2D eigenvalue weighted by Gasteiger charge is 2.40. The number of nitrogens with zero attached hydrogens (tertiary/aromatic N) is 1. The van der Waals surface area contributed by atoms with E-state index >= 15 is 0 Å². The maximum atomic E-state index is 12.9. The molecule has 152 valence electrons. The molecule has 29 heavy (non-hydrogen) atoms. The monoisotopic (exact) mass is 394 g/mol. The predicted octanol–water partition coefficient (Wildman–Crippen LogP) is 0.663. The number of amides is 1. The van der Waals surface area contributed by atoms with E-state index in [0.717, 1.165) is 27.2 Å². The van der Waals surface area contributed by atoms with Gasteiger partial charge in [-0.3, -0.25) is 4.90 Å². The summed E-state index contributed by atoms with van der Waals surface area (Å²) < 4.78 is 5.70. The Morgan fingerprint density at radius 2 is 1.62 bits per heavy atom. The molecule has 2 aromatic rings. The molecule has 0 saturated carbocycles. The van der Waals surface area contributed by atoms with E-state index in [2.05, 4.69) is 24.3 Å². The van der Waals surface area contributed by atoms with Gasteiger partial charge in [-0.15, -0.1) is 0 Å². The van der Waals surface area contributed by atoms with Gasteiger partial charge in [0.2, 0.25) is 0 Å². The first kappa shape index (κ1) is 19.5. The van der Waals surface area contributed by atoms with Gasteiger partial charge in [0, 0.05) is 5.92 Å². The number of ether oxygens (including phenoxy) is 1. The Kier molecular flexibility index (Phi) is 5.28. The standard InChI is InChI=1S/C23H26N2O4/c1-24(2)13-15-11-12-21(22(26)27)25(15)23(28)29-14-20-18-9-5-3-7-16(18)17-8-4-6-10-19(17)20/h3-10,15,20-21H,11-14H2,1-2H3,(H,26,27)/t15-,21-/m1/s1. The second-order valence-electron chi connectivity index (χ2n) is 8.19. The van der Waals surface area contributed by atoms with Gasteiger partial charge in [0.05, 0.1) is 38.7 Å². The maximum absolute atomic E-state index is 12.9. The molecule has 1 amide bonds. The average molecular weight is 394 g/mol. The summed E-state index contributed by atoms with van der Waals surface area (Å²) in [5.41, 5.74) is 4.58. The molecule has 6 nitrogen and oxygen atoms in total. The Morgan fingerprint density at radius 1 is 1.03 bits per heavy atom. The Labute approximate surface area is 170 Å². The van der Waals surface area contributed by atoms with Crippen LogP contribution in [0.25, 0.3) is 11.1 Å². The van der Waals surface area contributed by atoms with E-state index in [0.29, 0.717) is 19.4 Å². The predicted molar refractivity (Wildman–Crippen MR) is 106 cm³/mol. The van der Waals surface area contributed by atoms with E-state index in [-0.39, 0.29) is 18.6 Å². The van der Waals surface area contributed by atoms with E-state index in [1.807, 2.05) is 38.4 Å². The van der Waals surface area contributed by atoms with Gasteiger partial charge in [-0.1, -0.05) is 48.5 Å². The van der Waals surface area contributed by atoms with Crippen molar-refractivity contribution in [2.75, 3.05) is 27.2 Å². The van der Waals surface area contributed by atoms with Gasteiger partial charge >= 0.3 is 6.09 Å². The van der Waals surface area contributed by atoms with E-state index < -0.39 is 18.1 Å². The van der Waals surface area contributed by atoms with Crippen LogP contribution in [0.15, 0.2) is 48.5 Å². The molecular weight excluding hydrogens is 368 g/mol. The summed E-state index contributed by atoms with van der Waals surface area (Å²) >= 11 is 0. The molecule has 1 saturated heterocycles. The number of quaternary nitrogens is 1. The zero-order chi connectivity index (χ0) is 20.5. The number of nitrogens with one attached hydrogen (secondary N) is 1. The molecule has 1 aliphatic carbocycles. The molecule has 2 atom stereocenters. The van der Waals surface area contributed by atoms with Crippen molar-refractivity contribution in [2.24, 2.45) is 0 Å². The van der Waals surface area contributed by atoms with Crippen molar-refractivity contribution in [3.63, 3.8) is 0 Å². The molecule has 0 unspecified atom stereocenters. The van der Waals surface area contributed by atoms with Crippen LogP contribution in [0.3, 0.4) is 0 Å². The van der Waals surface area contributed by atoms with Gasteiger partial charge in [-0.05, 0) is 35.1 Å². The number of carboxylic acids is 1. The molecule has 6 heteroatoms. The summed E-state index contributed by atoms with van der Waals surface area (Å²) in [6, 6.07) is 15.2. The number of fused-ring (bicyclic) bond motifs is 3. The molecule has 0 spiro atoms. The Bertz CT molecular complexity index is 881. The van der Waals surface area contributed by atoms with Crippen LogP contribution in [0.5, 0.6) is 0 Å². The smallest absolute Gasteiger partial charge is 0.410 e. The average Bonchev–Trinajstić information content (AvgIpc) is 3.25. The van der Waals surface area contributed by atoms with Gasteiger partial charge in [0.25, 0.3) is 0 Å². The second-order valence-corrected chi connectivity index (χ2v) is 8.19. The van der Waals surface area contributed by atoms with Gasteiger partial charge < -0.3 is 19.5 Å². The van der Waals surface area contributed by atoms with Crippen LogP contribution in [0.2, 0.25) is 0 Å². The molecule has 4 rings (SSSR count). The van der Waals surface area contributed by atoms with Crippen molar-refractivity contribution in [1.82, 2.24) is 4.90 Å². The Hall–Kier alpha value is -2.86. The normalized spacial score (nSPS) is 20.6. The molecule has 0 bridgehead atoms. The van der Waals surface area contributed by atoms with Crippen LogP contribution >= 0.6 is 0 Å². The first-order valence-electron chi connectivity index (χ1n) is 10.1. The van der Waals surface area contributed by atoms with Gasteiger partial charge in [0.15, 0.2) is 0 Å². The summed E-state index contributed by atoms with van der Waals surface area (Å²) in [4.78, 5) is 27.0. The molecule has 2 aliphatic rings. The minimum Gasteiger partial charge on any atom is -0.548 e. The zero-order valence-corrected chi connectivity index (χ0v) is 16.8. The summed E-state index contributed by atoms with van der Waals surface area (Å²) in [7, 11) is 3.98. The molecule has 0 aromatic heterocycles. The molecule has 0 radical (unpaired) electrons. The van der Waals surface area contributed by atoms with Crippen molar-refractivity contribution in [2.45, 2.75) is 30.8 Å². The van der Waals surface area contributed by atoms with Crippen LogP contribution in [0.1, 0.15) is 29.9 Å². The van der Waals surface area contributed by atoms with Crippen LogP contribution in [-0.2, 0) is 9.53 Å². The maximum Gasteiger partial charge on any atom is 0.410 e. The van der Waals surface area contributed by atoms with Crippen LogP contribution < -0.4 is 10.0 Å². The molecule has 1 aliphatic heterocycles. The first-order chi connectivity index (χ1) is 14.0. The second kappa shape index (κ2) is 7.87. The van der Waals surface area contributed by atoms with E-state index in [1.54, 1.807) is 0 Å². The first-order valence-corrected chi connectivity index (χ1v) is 10.1. The SMILES string of the molecule is C[NH+](C)C[C@H]1CC[C@H](C(=O)[O-])N1C(=O)OCC1c2ccccc2-c2ccccc21. The summed E-state index contributed by atoms with van der Waals surface area (Å²) in [6.07, 6.45) is 0.489. The molecule has 1 fully saturated rings. The largest absolute Gasteiger partial charge is 0.548 e. The van der Waals surface area contributed by atoms with Gasteiger partial charge in [-0.2, -0.15) is 0 Å². The van der Waals surface area contributed by atoms with E-state index in [9.17, 15) is 14.7 Å². The highest BCUT2D eigenvalue weighted by atomic mass is 16.6. The van der Waals surface area contributed by atoms with Crippen LogP contribution in [0.4, 0.5) is 4.79 Å². The quantitative estimate of drug-likeness (QED) is 0.809. The highest BCUT2D eigenvalue weighted by Crippen LogP contribution is 2.44. The van der Waals surface area contributed by atoms with Crippen LogP contribution in [0, 0.1) is 0 Å². The van der Waals surface area contributed by atoms with Crippen LogP contribution in [-0.4, -0.2) is 56.3 Å². The molecule has 1 heterocycles. The number of carbonyl (C=O) groups is 2. The van der Waals surface area contributed by atoms with Crippen molar-refractivity contribution in [3.8, 4) is 11.1 Å². The Morgan fingerprint density at radius 3 is 2.17 bits per heavy atom. The van der Waals surface area contributed by atoms with E-state index in [1.165, 1.54) is 4.90 Å². The number of likely N-dealkylation sites (N-methyl/N-ethyl adjacent to an activating group) is 1. The lowest BCUT2D eigenvalue weighted by Gasteiger charge is -2.30. The van der Waals surface area contributed by atoms with Crippen molar-refractivity contribution >= 4 is 12.1 Å². The zero-order valence-electron chi connectivity index (χ0n) is 16.8. The summed E-state index contributed by atoms with van der Waals surface area (Å²) in [6.45, 7) is 0.860. The lowest BCUT2D eigenvalue weighted by Crippen LogP contribution is -3.07. The highest BCUT2D eigenvalue weighted by molar-refractivity contribution is 5.81. The lowest BCUT2D eigenvalue weighted by molar-refractivity contribution is -0.860. The van der Waals surface area contributed by atoms with Crippen molar-refractivity contribution in [1.29, 1.82) is 0 Å². The molecule has 1 N–H and O–H groups in total. The summed E-state index contributed by atoms with van der Waals surface area (Å²) in [5.74, 6) is -1.26. The fourth-order valence-corrected chi connectivity index (χ4v) is 4.73. The number of hydrogen-bond donors (Lipinski definition) is 1. The van der Waals surface area contributed by atoms with E-state index in [4.69, 9.17) is 4.74 Å². The van der Waals surface area contributed by atoms with Gasteiger partial charge in [-0.25, -0.2) is 4.79 Å². The minimum absolute atomic E-state index is 0.0479. The third-order valence-corrected chi connectivity index (χ3v) is 5.97. The third kappa shape index (κ3) is 3.60. The number of carbonyl (C=O) groups excluding carboxylic acids is 2. The number of aliphatic carboxylic acids is 1. The number of likely N-dealkylation sites (tertiary alicyclic amines) is 1. The summed E-state index contributed by atoms with van der Waals surface area (Å²) in [5, 5.41) is 11.6. The molecule has 2 aromatic carbocycles. The number of hydrogen-bond acceptors (Lipinski definition) is 4. The minimum atomic E-state index is -1.21. The van der Waals surface area contributed by atoms with Crippen molar-refractivity contribution < 1.29 is 24.3 Å². The van der Waals surface area contributed by atoms with Crippen molar-refractivity contribution in [3.05, 3.63) is 59.7 Å². The fourth-order valence-electron chi connectivity index (χ4n) is 4.73. The van der Waals surface area contributed by atoms with Gasteiger partial charge in [0.1, 0.15) is 6.61 Å².